The molecule has 0 heteroatoms. The van der Waals surface area contributed by atoms with Gasteiger partial charge in [0.15, 0.2) is 0 Å². The number of rotatable bonds is 0. The van der Waals surface area contributed by atoms with Gasteiger partial charge in [-0.05, 0) is 50.9 Å². The van der Waals surface area contributed by atoms with Gasteiger partial charge in [0, 0.05) is 0 Å². The van der Waals surface area contributed by atoms with E-state index >= 15 is 0 Å². The van der Waals surface area contributed by atoms with Crippen molar-refractivity contribution in [1.82, 2.24) is 0 Å². The van der Waals surface area contributed by atoms with Crippen LogP contribution in [0.1, 0.15) is 127 Å². The van der Waals surface area contributed by atoms with E-state index in [1.807, 2.05) is 27.7 Å². The molecule has 0 aromatic heterocycles. The maximum Gasteiger partial charge on any atom is -0.0323 e. The van der Waals surface area contributed by atoms with Gasteiger partial charge in [0.05, 0.1) is 0 Å². The van der Waals surface area contributed by atoms with E-state index in [2.05, 4.69) is 40.7 Å². The molecule has 0 aromatic carbocycles. The zero-order chi connectivity index (χ0) is 17.9. The highest BCUT2D eigenvalue weighted by Gasteiger charge is 2.19. The first kappa shape index (κ1) is 26.6. The molecule has 0 heterocycles. The highest BCUT2D eigenvalue weighted by atomic mass is 14.3. The quantitative estimate of drug-likeness (QED) is 0.391. The van der Waals surface area contributed by atoms with Crippen LogP contribution < -0.4 is 0 Å². The summed E-state index contributed by atoms with van der Waals surface area (Å²) in [6.45, 7) is 19.2. The molecule has 0 aliphatic heterocycles. The van der Waals surface area contributed by atoms with E-state index in [1.165, 1.54) is 64.2 Å². The zero-order valence-electron chi connectivity index (χ0n) is 17.6. The third-order valence-corrected chi connectivity index (χ3v) is 3.73. The Morgan fingerprint density at radius 1 is 0.818 bits per heavy atom. The molecule has 0 radical (unpaired) electrons. The van der Waals surface area contributed by atoms with Gasteiger partial charge < -0.3 is 0 Å². The van der Waals surface area contributed by atoms with Crippen LogP contribution in [0.5, 0.6) is 0 Å². The topological polar surface area (TPSA) is 0 Å². The lowest BCUT2D eigenvalue weighted by molar-refractivity contribution is 0.244. The van der Waals surface area contributed by atoms with Gasteiger partial charge in [0.1, 0.15) is 0 Å². The van der Waals surface area contributed by atoms with E-state index in [0.717, 1.165) is 0 Å². The molecule has 0 bridgehead atoms. The summed E-state index contributed by atoms with van der Waals surface area (Å²) in [5.74, 6) is 0. The molecule has 22 heavy (non-hydrogen) atoms. The predicted octanol–water partition coefficient (Wildman–Crippen LogP) is 8.95. The van der Waals surface area contributed by atoms with Crippen molar-refractivity contribution in [3.63, 3.8) is 0 Å². The molecule has 0 spiro atoms. The van der Waals surface area contributed by atoms with Crippen LogP contribution in [0.25, 0.3) is 0 Å². The molecule has 0 unspecified atom stereocenters. The van der Waals surface area contributed by atoms with Gasteiger partial charge in [-0.15, -0.1) is 0 Å². The third-order valence-electron chi connectivity index (χ3n) is 3.73. The van der Waals surface area contributed by atoms with Crippen molar-refractivity contribution in [2.24, 2.45) is 5.41 Å². The molecule has 0 atom stereocenters. The first-order valence-electron chi connectivity index (χ1n) is 10.2. The van der Waals surface area contributed by atoms with Crippen molar-refractivity contribution in [2.45, 2.75) is 127 Å². The molecule has 0 N–H and O–H groups in total. The fraction of sp³-hybridized carbons (Fsp3) is 0.909. The lowest BCUT2D eigenvalue weighted by Crippen LogP contribution is -2.14. The van der Waals surface area contributed by atoms with Crippen LogP contribution in [0.4, 0.5) is 0 Å². The van der Waals surface area contributed by atoms with Gasteiger partial charge in [-0.2, -0.15) is 0 Å². The second-order valence-corrected chi connectivity index (χ2v) is 6.73. The first-order valence-corrected chi connectivity index (χ1v) is 10.2. The fourth-order valence-electron chi connectivity index (χ4n) is 2.51. The molecular formula is C22H48. The molecular weight excluding hydrogens is 264 g/mol. The second-order valence-electron chi connectivity index (χ2n) is 6.73. The summed E-state index contributed by atoms with van der Waals surface area (Å²) in [7, 11) is 0. The monoisotopic (exact) mass is 312 g/mol. The maximum absolute atomic E-state index is 2.38. The summed E-state index contributed by atoms with van der Waals surface area (Å²) in [5.41, 5.74) is 2.27. The Kier molecular flexibility index (Phi) is 25.1. The lowest BCUT2D eigenvalue weighted by Gasteiger charge is -2.28. The Morgan fingerprint density at radius 2 is 1.27 bits per heavy atom. The molecule has 2 aliphatic carbocycles. The highest BCUT2D eigenvalue weighted by Crippen LogP contribution is 2.34. The molecule has 0 amide bonds. The fourth-order valence-corrected chi connectivity index (χ4v) is 2.51. The van der Waals surface area contributed by atoms with Crippen LogP contribution in [0.15, 0.2) is 11.6 Å². The van der Waals surface area contributed by atoms with Crippen molar-refractivity contribution in [2.75, 3.05) is 0 Å². The van der Waals surface area contributed by atoms with Crippen molar-refractivity contribution in [3.05, 3.63) is 11.6 Å². The Balaban J connectivity index is -0.000000236. The molecule has 1 saturated carbocycles. The van der Waals surface area contributed by atoms with E-state index in [1.54, 1.807) is 5.57 Å². The van der Waals surface area contributed by atoms with Gasteiger partial charge in [-0.1, -0.05) is 92.7 Å². The average molecular weight is 313 g/mol. The maximum atomic E-state index is 2.38. The van der Waals surface area contributed by atoms with Gasteiger partial charge in [0.25, 0.3) is 0 Å². The van der Waals surface area contributed by atoms with Crippen LogP contribution in [0.3, 0.4) is 0 Å². The van der Waals surface area contributed by atoms with Crippen molar-refractivity contribution < 1.29 is 0 Å². The first-order chi connectivity index (χ1) is 10.5. The summed E-state index contributed by atoms with van der Waals surface area (Å²) in [5, 5.41) is 0. The smallest absolute Gasteiger partial charge is 0.0323 e. The third kappa shape index (κ3) is 22.0. The van der Waals surface area contributed by atoms with Gasteiger partial charge in [-0.25, -0.2) is 0 Å². The van der Waals surface area contributed by atoms with Crippen LogP contribution in [-0.2, 0) is 0 Å². The van der Waals surface area contributed by atoms with E-state index < -0.39 is 0 Å². The molecule has 2 aliphatic rings. The summed E-state index contributed by atoms with van der Waals surface area (Å²) >= 11 is 0. The normalized spacial score (nSPS) is 18.3. The molecule has 0 nitrogen and oxygen atoms in total. The Labute approximate surface area is 144 Å². The summed E-state index contributed by atoms with van der Waals surface area (Å²) in [4.78, 5) is 0. The van der Waals surface area contributed by atoms with Crippen LogP contribution in [0, 0.1) is 5.41 Å². The Morgan fingerprint density at radius 3 is 1.45 bits per heavy atom. The SMILES string of the molecule is CC.CC.CC1(C)CCCCC1.CC1=CCCCC1.CCC. The minimum atomic E-state index is 0.679. The van der Waals surface area contributed by atoms with Crippen molar-refractivity contribution in [3.8, 4) is 0 Å². The Hall–Kier alpha value is -0.260. The van der Waals surface area contributed by atoms with Crippen LogP contribution in [0.2, 0.25) is 0 Å². The lowest BCUT2D eigenvalue weighted by atomic mass is 9.78. The van der Waals surface area contributed by atoms with Gasteiger partial charge in [-0.3, -0.25) is 0 Å². The molecule has 1 fully saturated rings. The predicted molar refractivity (Wildman–Crippen MR) is 108 cm³/mol. The summed E-state index contributed by atoms with van der Waals surface area (Å²) in [6, 6.07) is 0. The largest absolute Gasteiger partial charge is 0.0856 e. The number of allylic oxidation sites excluding steroid dienone is 2. The van der Waals surface area contributed by atoms with E-state index in [-0.39, 0.29) is 0 Å². The van der Waals surface area contributed by atoms with Crippen LogP contribution in [-0.4, -0.2) is 0 Å². The standard InChI is InChI=1S/C8H16.C7H12.C3H8.2C2H6/c1-8(2)6-4-3-5-7-8;1-7-5-3-2-4-6-7;1-3-2;2*1-2/h3-7H2,1-2H3;5H,2-4,6H2,1H3;3H2,1-2H3;2*1-2H3. The van der Waals surface area contributed by atoms with E-state index in [0.29, 0.717) is 5.41 Å². The number of hydrogen-bond donors (Lipinski definition) is 0. The summed E-state index contributed by atoms with van der Waals surface area (Å²) in [6.07, 6.45) is 16.4. The van der Waals surface area contributed by atoms with Crippen molar-refractivity contribution in [1.29, 1.82) is 0 Å². The molecule has 0 aromatic rings. The molecule has 0 saturated heterocycles. The molecule has 2 rings (SSSR count). The Bertz CT molecular complexity index is 202. The molecule has 136 valence electrons. The second kappa shape index (κ2) is 20.7. The highest BCUT2D eigenvalue weighted by molar-refractivity contribution is 5.00. The van der Waals surface area contributed by atoms with E-state index in [9.17, 15) is 0 Å². The zero-order valence-corrected chi connectivity index (χ0v) is 17.6. The summed E-state index contributed by atoms with van der Waals surface area (Å²) < 4.78 is 0. The minimum Gasteiger partial charge on any atom is -0.0856 e. The van der Waals surface area contributed by atoms with Gasteiger partial charge >= 0.3 is 0 Å². The van der Waals surface area contributed by atoms with Crippen molar-refractivity contribution >= 4 is 0 Å². The van der Waals surface area contributed by atoms with Gasteiger partial charge in [0.2, 0.25) is 0 Å². The average Bonchev–Trinajstić information content (AvgIpc) is 2.53. The van der Waals surface area contributed by atoms with E-state index in [4.69, 9.17) is 0 Å². The number of hydrogen-bond acceptors (Lipinski definition) is 0. The minimum absolute atomic E-state index is 0.679. The van der Waals surface area contributed by atoms with Crippen LogP contribution >= 0.6 is 0 Å².